The molecule has 0 saturated heterocycles. The van der Waals surface area contributed by atoms with Crippen LogP contribution in [0.25, 0.3) is 0 Å². The lowest BCUT2D eigenvalue weighted by Crippen LogP contribution is -2.26. The molecule has 1 N–H and O–H groups in total. The van der Waals surface area contributed by atoms with Crippen LogP contribution >= 0.6 is 0 Å². The summed E-state index contributed by atoms with van der Waals surface area (Å²) in [7, 11) is 1.71. The molecule has 1 heterocycles. The summed E-state index contributed by atoms with van der Waals surface area (Å²) in [6, 6.07) is 8.60. The second-order valence-electron chi connectivity index (χ2n) is 4.88. The molecule has 22 heavy (non-hydrogen) atoms. The summed E-state index contributed by atoms with van der Waals surface area (Å²) in [6.45, 7) is 1.80. The molecule has 0 spiro atoms. The summed E-state index contributed by atoms with van der Waals surface area (Å²) in [6.07, 6.45) is 1.49. The largest absolute Gasteiger partial charge is 0.482 e. The first-order valence-corrected chi connectivity index (χ1v) is 6.70. The van der Waals surface area contributed by atoms with E-state index in [2.05, 4.69) is 0 Å². The molecule has 2 rings (SSSR count). The Morgan fingerprint density at radius 1 is 1.23 bits per heavy atom. The van der Waals surface area contributed by atoms with Gasteiger partial charge >= 0.3 is 5.97 Å². The fourth-order valence-electron chi connectivity index (χ4n) is 1.99. The molecule has 0 aliphatic rings. The van der Waals surface area contributed by atoms with E-state index in [1.807, 2.05) is 0 Å². The van der Waals surface area contributed by atoms with Gasteiger partial charge in [-0.3, -0.25) is 4.79 Å². The second-order valence-corrected chi connectivity index (χ2v) is 4.88. The Hall–Kier alpha value is -2.76. The second kappa shape index (κ2) is 6.80. The highest BCUT2D eigenvalue weighted by atomic mass is 16.5. The highest BCUT2D eigenvalue weighted by Gasteiger charge is 2.16. The zero-order chi connectivity index (χ0) is 16.1. The van der Waals surface area contributed by atoms with Crippen molar-refractivity contribution < 1.29 is 23.8 Å². The topological polar surface area (TPSA) is 80.0 Å². The molecule has 0 bridgehead atoms. The molecule has 0 unspecified atom stereocenters. The first-order chi connectivity index (χ1) is 10.5. The van der Waals surface area contributed by atoms with Gasteiger partial charge < -0.3 is 19.2 Å². The smallest absolute Gasteiger partial charge is 0.341 e. The number of furan rings is 1. The van der Waals surface area contributed by atoms with Crippen LogP contribution in [0.2, 0.25) is 0 Å². The molecule has 6 nitrogen and oxygen atoms in total. The Balaban J connectivity index is 1.97. The molecule has 0 fully saturated rings. The first-order valence-electron chi connectivity index (χ1n) is 6.70. The van der Waals surface area contributed by atoms with Gasteiger partial charge in [0.2, 0.25) is 0 Å². The maximum Gasteiger partial charge on any atom is 0.341 e. The van der Waals surface area contributed by atoms with Crippen molar-refractivity contribution in [1.29, 1.82) is 0 Å². The van der Waals surface area contributed by atoms with E-state index in [4.69, 9.17) is 14.3 Å². The number of aryl methyl sites for hydroxylation is 1. The third kappa shape index (κ3) is 3.88. The van der Waals surface area contributed by atoms with Crippen molar-refractivity contribution in [2.24, 2.45) is 0 Å². The molecule has 0 atom stereocenters. The van der Waals surface area contributed by atoms with Gasteiger partial charge in [-0.1, -0.05) is 12.1 Å². The van der Waals surface area contributed by atoms with Gasteiger partial charge in [-0.05, 0) is 30.7 Å². The summed E-state index contributed by atoms with van der Waals surface area (Å²) < 4.78 is 10.2. The minimum Gasteiger partial charge on any atom is -0.482 e. The van der Waals surface area contributed by atoms with Crippen LogP contribution in [0.5, 0.6) is 5.75 Å². The van der Waals surface area contributed by atoms with E-state index in [-0.39, 0.29) is 12.5 Å². The minimum absolute atomic E-state index is 0.113. The zero-order valence-corrected chi connectivity index (χ0v) is 12.4. The molecule has 0 saturated carbocycles. The molecule has 1 aromatic heterocycles. The molecule has 1 amide bonds. The Kier molecular flexibility index (Phi) is 4.83. The number of carboxylic acid groups (broad SMARTS) is 1. The predicted octanol–water partition coefficient (Wildman–Crippen LogP) is 2.32. The molecular weight excluding hydrogens is 286 g/mol. The summed E-state index contributed by atoms with van der Waals surface area (Å²) in [5.41, 5.74) is 1.46. The lowest BCUT2D eigenvalue weighted by molar-refractivity contribution is -0.139. The Bertz CT molecular complexity index is 659. The standard InChI is InChI=1S/C16H17NO5/c1-11-14(7-8-21-11)16(20)17(2)9-12-3-5-13(6-4-12)22-10-15(18)19/h3-8H,9-10H2,1-2H3,(H,18,19). The maximum absolute atomic E-state index is 12.3. The van der Waals surface area contributed by atoms with Crippen molar-refractivity contribution in [3.05, 3.63) is 53.5 Å². The molecule has 0 radical (unpaired) electrons. The third-order valence-corrected chi connectivity index (χ3v) is 3.14. The molecule has 6 heteroatoms. The number of hydrogen-bond donors (Lipinski definition) is 1. The van der Waals surface area contributed by atoms with Crippen LogP contribution in [0.4, 0.5) is 0 Å². The van der Waals surface area contributed by atoms with E-state index in [9.17, 15) is 9.59 Å². The quantitative estimate of drug-likeness (QED) is 0.886. The lowest BCUT2D eigenvalue weighted by atomic mass is 10.2. The van der Waals surface area contributed by atoms with Gasteiger partial charge in [0.25, 0.3) is 5.91 Å². The van der Waals surface area contributed by atoms with Crippen LogP contribution in [-0.4, -0.2) is 35.5 Å². The van der Waals surface area contributed by atoms with Crippen molar-refractivity contribution in [2.45, 2.75) is 13.5 Å². The van der Waals surface area contributed by atoms with E-state index in [0.29, 0.717) is 23.6 Å². The fourth-order valence-corrected chi connectivity index (χ4v) is 1.99. The third-order valence-electron chi connectivity index (χ3n) is 3.14. The normalized spacial score (nSPS) is 10.3. The lowest BCUT2D eigenvalue weighted by Gasteiger charge is -2.17. The Morgan fingerprint density at radius 3 is 2.45 bits per heavy atom. The molecule has 0 aliphatic heterocycles. The SMILES string of the molecule is Cc1occc1C(=O)N(C)Cc1ccc(OCC(=O)O)cc1. The van der Waals surface area contributed by atoms with Gasteiger partial charge in [0.1, 0.15) is 11.5 Å². The van der Waals surface area contributed by atoms with Gasteiger partial charge in [-0.25, -0.2) is 4.79 Å². The van der Waals surface area contributed by atoms with Crippen molar-refractivity contribution in [3.63, 3.8) is 0 Å². The van der Waals surface area contributed by atoms with Gasteiger partial charge in [0, 0.05) is 13.6 Å². The fraction of sp³-hybridized carbons (Fsp3) is 0.250. The molecular formula is C16H17NO5. The number of benzene rings is 1. The molecule has 1 aromatic carbocycles. The minimum atomic E-state index is -1.02. The highest BCUT2D eigenvalue weighted by Crippen LogP contribution is 2.16. The number of rotatable bonds is 6. The van der Waals surface area contributed by atoms with Crippen molar-refractivity contribution >= 4 is 11.9 Å². The van der Waals surface area contributed by atoms with E-state index in [0.717, 1.165) is 5.56 Å². The number of carbonyl (C=O) groups is 2. The van der Waals surface area contributed by atoms with Gasteiger partial charge in [0.05, 0.1) is 11.8 Å². The molecule has 0 aliphatic carbocycles. The van der Waals surface area contributed by atoms with Crippen LogP contribution in [0.15, 0.2) is 41.0 Å². The summed E-state index contributed by atoms with van der Waals surface area (Å²) in [4.78, 5) is 24.3. The first kappa shape index (κ1) is 15.6. The summed E-state index contributed by atoms with van der Waals surface area (Å²) in [5, 5.41) is 8.55. The van der Waals surface area contributed by atoms with Crippen LogP contribution in [0.1, 0.15) is 21.7 Å². The van der Waals surface area contributed by atoms with E-state index < -0.39 is 5.97 Å². The Morgan fingerprint density at radius 2 is 1.91 bits per heavy atom. The van der Waals surface area contributed by atoms with E-state index in [1.165, 1.54) is 6.26 Å². The number of nitrogens with zero attached hydrogens (tertiary/aromatic N) is 1. The number of carboxylic acids is 1. The summed E-state index contributed by atoms with van der Waals surface area (Å²) in [5.74, 6) is -0.0672. The molecule has 116 valence electrons. The van der Waals surface area contributed by atoms with E-state index >= 15 is 0 Å². The van der Waals surface area contributed by atoms with Gasteiger partial charge in [-0.15, -0.1) is 0 Å². The number of aliphatic carboxylic acids is 1. The van der Waals surface area contributed by atoms with E-state index in [1.54, 1.807) is 49.2 Å². The van der Waals surface area contributed by atoms with Crippen LogP contribution in [0, 0.1) is 6.92 Å². The molecule has 2 aromatic rings. The number of ether oxygens (including phenoxy) is 1. The summed E-state index contributed by atoms with van der Waals surface area (Å²) >= 11 is 0. The maximum atomic E-state index is 12.3. The van der Waals surface area contributed by atoms with Crippen LogP contribution in [0.3, 0.4) is 0 Å². The van der Waals surface area contributed by atoms with Crippen molar-refractivity contribution in [3.8, 4) is 5.75 Å². The van der Waals surface area contributed by atoms with Gasteiger partial charge in [-0.2, -0.15) is 0 Å². The average molecular weight is 303 g/mol. The Labute approximate surface area is 127 Å². The van der Waals surface area contributed by atoms with Crippen LogP contribution < -0.4 is 4.74 Å². The van der Waals surface area contributed by atoms with Crippen LogP contribution in [-0.2, 0) is 11.3 Å². The zero-order valence-electron chi connectivity index (χ0n) is 12.4. The predicted molar refractivity (Wildman–Crippen MR) is 78.8 cm³/mol. The number of carbonyl (C=O) groups excluding carboxylic acids is 1. The number of amides is 1. The average Bonchev–Trinajstić information content (AvgIpc) is 2.91. The highest BCUT2D eigenvalue weighted by molar-refractivity contribution is 5.94. The van der Waals surface area contributed by atoms with Gasteiger partial charge in [0.15, 0.2) is 6.61 Å². The number of hydrogen-bond acceptors (Lipinski definition) is 4. The van der Waals surface area contributed by atoms with Crippen molar-refractivity contribution in [2.75, 3.05) is 13.7 Å². The van der Waals surface area contributed by atoms with Crippen molar-refractivity contribution in [1.82, 2.24) is 4.90 Å². The monoisotopic (exact) mass is 303 g/mol.